The van der Waals surface area contributed by atoms with E-state index in [1.807, 2.05) is 92.7 Å². The van der Waals surface area contributed by atoms with Crippen LogP contribution in [0.4, 0.5) is 17.6 Å². The van der Waals surface area contributed by atoms with Crippen molar-refractivity contribution in [3.05, 3.63) is 126 Å². The number of carbonyl (C=O) groups excluding carboxylic acids is 1. The molecule has 3 aromatic rings. The van der Waals surface area contributed by atoms with Crippen LogP contribution in [0.5, 0.6) is 5.75 Å². The molecule has 1 aliphatic heterocycles. The third-order valence-corrected chi connectivity index (χ3v) is 6.27. The maximum absolute atomic E-state index is 13.5. The van der Waals surface area contributed by atoms with Gasteiger partial charge in [0.1, 0.15) is 12.0 Å². The highest BCUT2D eigenvalue weighted by Crippen LogP contribution is 2.34. The predicted octanol–water partition coefficient (Wildman–Crippen LogP) is 8.34. The molecule has 0 radical (unpaired) electrons. The van der Waals surface area contributed by atoms with Gasteiger partial charge in [-0.2, -0.15) is 17.6 Å². The number of likely N-dealkylation sites (N-methyl/N-ethyl adjacent to an activating group) is 1. The van der Waals surface area contributed by atoms with Crippen LogP contribution in [0.1, 0.15) is 43.4 Å². The average molecular weight is 583 g/mol. The molecule has 0 fully saturated rings. The lowest BCUT2D eigenvalue weighted by atomic mass is 9.79. The zero-order valence-electron chi connectivity index (χ0n) is 24.2. The van der Waals surface area contributed by atoms with E-state index in [1.54, 1.807) is 19.3 Å². The fraction of sp³-hybridized carbons (Fsp3) is 0.294. The molecule has 1 heterocycles. The molecule has 0 bridgehead atoms. The molecule has 224 valence electrons. The Morgan fingerprint density at radius 1 is 0.905 bits per heavy atom. The number of aldehydes is 1. The summed E-state index contributed by atoms with van der Waals surface area (Å²) in [6.07, 6.45) is 2.67. The third-order valence-electron chi connectivity index (χ3n) is 6.27. The Hall–Kier alpha value is -4.04. The van der Waals surface area contributed by atoms with Gasteiger partial charge in [-0.15, -0.1) is 0 Å². The van der Waals surface area contributed by atoms with Crippen LogP contribution in [0.2, 0.25) is 0 Å². The summed E-state index contributed by atoms with van der Waals surface area (Å²) >= 11 is 0. The summed E-state index contributed by atoms with van der Waals surface area (Å²) in [4.78, 5) is 14.6. The molecule has 1 aliphatic rings. The summed E-state index contributed by atoms with van der Waals surface area (Å²) in [7, 11) is 1.75. The van der Waals surface area contributed by atoms with Gasteiger partial charge in [-0.05, 0) is 54.8 Å². The van der Waals surface area contributed by atoms with E-state index in [-0.39, 0.29) is 5.75 Å². The highest BCUT2D eigenvalue weighted by Gasteiger charge is 2.44. The molecule has 0 unspecified atom stereocenters. The van der Waals surface area contributed by atoms with Crippen LogP contribution < -0.4 is 10.1 Å². The van der Waals surface area contributed by atoms with Crippen molar-refractivity contribution in [3.8, 4) is 5.75 Å². The van der Waals surface area contributed by atoms with Gasteiger partial charge < -0.3 is 14.8 Å². The zero-order valence-corrected chi connectivity index (χ0v) is 24.2. The minimum absolute atomic E-state index is 0.346. The van der Waals surface area contributed by atoms with Gasteiger partial charge in [0.25, 0.3) is 0 Å². The van der Waals surface area contributed by atoms with E-state index in [1.165, 1.54) is 18.2 Å². The van der Waals surface area contributed by atoms with Crippen molar-refractivity contribution in [2.45, 2.75) is 57.6 Å². The van der Waals surface area contributed by atoms with Gasteiger partial charge in [-0.3, -0.25) is 4.99 Å². The minimum atomic E-state index is -4.58. The number of hydrogen-bond donors (Lipinski definition) is 1. The van der Waals surface area contributed by atoms with Crippen LogP contribution in [0.25, 0.3) is 0 Å². The summed E-state index contributed by atoms with van der Waals surface area (Å²) < 4.78 is 56.6. The van der Waals surface area contributed by atoms with Gasteiger partial charge in [-0.25, -0.2) is 0 Å². The van der Waals surface area contributed by atoms with Gasteiger partial charge in [0.2, 0.25) is 0 Å². The SMILES string of the molecule is CC.CN[C@](Cc1ccccc1)(C1=N/C=C/CC/C=C\1)c1cccc(OC(F)(F)C(F)F)c1.O=CCc1ccccc1. The second-order valence-electron chi connectivity index (χ2n) is 9.05. The molecule has 0 saturated heterocycles. The molecule has 8 heteroatoms. The van der Waals surface area contributed by atoms with Crippen LogP contribution in [-0.2, 0) is 23.2 Å². The molecule has 4 nitrogen and oxygen atoms in total. The number of ether oxygens (including phenoxy) is 1. The normalized spacial score (nSPS) is 16.9. The lowest BCUT2D eigenvalue weighted by Crippen LogP contribution is -2.48. The summed E-state index contributed by atoms with van der Waals surface area (Å²) in [5.74, 6) is -0.346. The third kappa shape index (κ3) is 10.1. The lowest BCUT2D eigenvalue weighted by molar-refractivity contribution is -0.253. The van der Waals surface area contributed by atoms with E-state index < -0.39 is 18.1 Å². The van der Waals surface area contributed by atoms with Crippen molar-refractivity contribution in [1.82, 2.24) is 5.32 Å². The number of aliphatic imine (C=N–C) groups is 1. The maximum Gasteiger partial charge on any atom is 0.461 e. The van der Waals surface area contributed by atoms with E-state index in [9.17, 15) is 22.4 Å². The topological polar surface area (TPSA) is 50.7 Å². The van der Waals surface area contributed by atoms with Crippen molar-refractivity contribution in [2.24, 2.45) is 4.99 Å². The zero-order chi connectivity index (χ0) is 30.8. The number of rotatable bonds is 10. The number of carbonyl (C=O) groups is 1. The van der Waals surface area contributed by atoms with E-state index in [0.29, 0.717) is 24.1 Å². The van der Waals surface area contributed by atoms with Crippen molar-refractivity contribution in [1.29, 1.82) is 0 Å². The second-order valence-corrected chi connectivity index (χ2v) is 9.05. The highest BCUT2D eigenvalue weighted by molar-refractivity contribution is 6.04. The van der Waals surface area contributed by atoms with Crippen LogP contribution >= 0.6 is 0 Å². The first-order valence-corrected chi connectivity index (χ1v) is 13.9. The van der Waals surface area contributed by atoms with Crippen molar-refractivity contribution < 1.29 is 27.1 Å². The monoisotopic (exact) mass is 582 g/mol. The van der Waals surface area contributed by atoms with Crippen molar-refractivity contribution in [3.63, 3.8) is 0 Å². The number of alkyl halides is 4. The number of hydrogen-bond acceptors (Lipinski definition) is 4. The van der Waals surface area contributed by atoms with Gasteiger partial charge in [0.05, 0.1) is 11.3 Å². The Labute approximate surface area is 245 Å². The smallest absolute Gasteiger partial charge is 0.428 e. The molecule has 0 saturated carbocycles. The Bertz CT molecular complexity index is 1300. The van der Waals surface area contributed by atoms with Gasteiger partial charge in [-0.1, -0.05) is 98.8 Å². The van der Waals surface area contributed by atoms with Gasteiger partial charge >= 0.3 is 12.5 Å². The molecular weight excluding hydrogens is 544 g/mol. The number of allylic oxidation sites excluding steroid dienone is 2. The van der Waals surface area contributed by atoms with Gasteiger partial charge in [0, 0.05) is 19.0 Å². The summed E-state index contributed by atoms with van der Waals surface area (Å²) in [5, 5.41) is 3.30. The summed E-state index contributed by atoms with van der Waals surface area (Å²) in [6, 6.07) is 25.2. The number of nitrogens with one attached hydrogen (secondary N) is 1. The first-order valence-electron chi connectivity index (χ1n) is 13.9. The minimum Gasteiger partial charge on any atom is -0.428 e. The van der Waals surface area contributed by atoms with Crippen molar-refractivity contribution in [2.75, 3.05) is 7.05 Å². The van der Waals surface area contributed by atoms with E-state index in [4.69, 9.17) is 0 Å². The summed E-state index contributed by atoms with van der Waals surface area (Å²) in [6.45, 7) is 4.00. The van der Waals surface area contributed by atoms with E-state index in [0.717, 1.165) is 30.3 Å². The molecule has 0 spiro atoms. The Balaban J connectivity index is 0.000000473. The predicted molar refractivity (Wildman–Crippen MR) is 161 cm³/mol. The molecule has 3 aromatic carbocycles. The second kappa shape index (κ2) is 17.7. The lowest BCUT2D eigenvalue weighted by Gasteiger charge is -2.35. The Morgan fingerprint density at radius 3 is 2.12 bits per heavy atom. The Morgan fingerprint density at radius 2 is 1.52 bits per heavy atom. The molecule has 0 amide bonds. The number of nitrogens with zero attached hydrogens (tertiary/aromatic N) is 1. The molecular formula is C34H38F4N2O2. The van der Waals surface area contributed by atoms with Crippen LogP contribution in [0, 0.1) is 0 Å². The Kier molecular flexibility index (Phi) is 14.4. The molecule has 42 heavy (non-hydrogen) atoms. The molecule has 1 N–H and O–H groups in total. The maximum atomic E-state index is 13.5. The quantitative estimate of drug-likeness (QED) is 0.193. The molecule has 0 aliphatic carbocycles. The molecule has 1 atom stereocenters. The van der Waals surface area contributed by atoms with Gasteiger partial charge in [0.15, 0.2) is 0 Å². The summed E-state index contributed by atoms with van der Waals surface area (Å²) in [5.41, 5.74) is 2.40. The van der Waals surface area contributed by atoms with E-state index >= 15 is 0 Å². The van der Waals surface area contributed by atoms with Crippen LogP contribution in [-0.4, -0.2) is 31.6 Å². The average Bonchev–Trinajstić information content (AvgIpc) is 2.98. The number of halogens is 4. The molecule has 4 rings (SSSR count). The highest BCUT2D eigenvalue weighted by atomic mass is 19.3. The first-order chi connectivity index (χ1) is 20.3. The fourth-order valence-corrected chi connectivity index (χ4v) is 4.23. The number of benzene rings is 3. The van der Waals surface area contributed by atoms with E-state index in [2.05, 4.69) is 15.0 Å². The standard InChI is InChI=1S/C24H24F4N2O.C8H8O.C2H6/c1-29-23(17-18-10-5-4-6-11-18,21-14-7-2-3-8-15-30-21)19-12-9-13-20(16-19)31-24(27,28)22(25)26;9-7-6-8-4-2-1-3-5-8;1-2/h4-16,22,29H,2-3,17H2,1H3;1-5,7H,6H2;1-2H3/b14-7-,15-8+,30-21+;;/t23-;;/m0../s1. The first kappa shape index (κ1) is 34.2. The van der Waals surface area contributed by atoms with Crippen molar-refractivity contribution >= 4 is 12.0 Å². The van der Waals surface area contributed by atoms with Crippen LogP contribution in [0.3, 0.4) is 0 Å². The largest absolute Gasteiger partial charge is 0.461 e. The fourth-order valence-electron chi connectivity index (χ4n) is 4.23. The van der Waals surface area contributed by atoms with Crippen LogP contribution in [0.15, 0.2) is 114 Å². The molecule has 0 aromatic heterocycles.